The van der Waals surface area contributed by atoms with Crippen molar-refractivity contribution < 1.29 is 14.0 Å². The second-order valence-electron chi connectivity index (χ2n) is 7.17. The van der Waals surface area contributed by atoms with Crippen molar-refractivity contribution in [3.8, 4) is 0 Å². The predicted octanol–water partition coefficient (Wildman–Crippen LogP) is 3.16. The number of hydrogen-bond acceptors (Lipinski definition) is 5. The number of nitrogens with zero attached hydrogens (tertiary/aromatic N) is 3. The Morgan fingerprint density at radius 1 is 1.03 bits per heavy atom. The number of anilines is 1. The third-order valence-electron chi connectivity index (χ3n) is 4.77. The monoisotopic (exact) mass is 441 g/mol. The first kappa shape index (κ1) is 22.5. The van der Waals surface area contributed by atoms with Gasteiger partial charge in [-0.15, -0.1) is 10.2 Å². The molecular formula is C22H24FN5O2S. The van der Waals surface area contributed by atoms with Crippen molar-refractivity contribution in [1.82, 2.24) is 20.1 Å². The molecule has 2 N–H and O–H groups in total. The maximum absolute atomic E-state index is 12.9. The molecule has 0 aliphatic heterocycles. The van der Waals surface area contributed by atoms with Crippen LogP contribution in [0.25, 0.3) is 0 Å². The summed E-state index contributed by atoms with van der Waals surface area (Å²) >= 11 is 1.23. The van der Waals surface area contributed by atoms with Gasteiger partial charge in [0.15, 0.2) is 5.16 Å². The van der Waals surface area contributed by atoms with Gasteiger partial charge in [0, 0.05) is 19.3 Å². The second-order valence-corrected chi connectivity index (χ2v) is 8.12. The number of carbonyl (C=O) groups excluding carboxylic acids is 2. The Bertz CT molecular complexity index is 1080. The van der Waals surface area contributed by atoms with Crippen LogP contribution >= 0.6 is 11.8 Å². The van der Waals surface area contributed by atoms with Crippen LogP contribution in [0.3, 0.4) is 0 Å². The van der Waals surface area contributed by atoms with Gasteiger partial charge in [0.2, 0.25) is 11.8 Å². The number of halogens is 1. The molecule has 0 aliphatic carbocycles. The van der Waals surface area contributed by atoms with Crippen molar-refractivity contribution in [2.45, 2.75) is 32.0 Å². The molecule has 1 heterocycles. The van der Waals surface area contributed by atoms with E-state index >= 15 is 0 Å². The van der Waals surface area contributed by atoms with Crippen LogP contribution in [0.15, 0.2) is 47.6 Å². The second kappa shape index (κ2) is 10.2. The van der Waals surface area contributed by atoms with E-state index in [1.165, 1.54) is 23.9 Å². The minimum atomic E-state index is -0.314. The summed E-state index contributed by atoms with van der Waals surface area (Å²) in [6, 6.07) is 11.7. The Kier molecular flexibility index (Phi) is 7.41. The number of rotatable bonds is 8. The highest BCUT2D eigenvalue weighted by molar-refractivity contribution is 7.99. The van der Waals surface area contributed by atoms with Crippen LogP contribution in [-0.2, 0) is 29.6 Å². The summed E-state index contributed by atoms with van der Waals surface area (Å²) in [5.74, 6) is -0.0113. The molecule has 3 rings (SSSR count). The number of aryl methyl sites for hydroxylation is 2. The molecule has 0 unspecified atom stereocenters. The van der Waals surface area contributed by atoms with Gasteiger partial charge in [-0.1, -0.05) is 30.0 Å². The molecular weight excluding hydrogens is 417 g/mol. The number of thioether (sulfide) groups is 1. The van der Waals surface area contributed by atoms with E-state index in [1.54, 1.807) is 23.7 Å². The van der Waals surface area contributed by atoms with E-state index in [2.05, 4.69) is 20.8 Å². The lowest BCUT2D eigenvalue weighted by atomic mass is 10.1. The van der Waals surface area contributed by atoms with E-state index in [0.717, 1.165) is 22.4 Å². The summed E-state index contributed by atoms with van der Waals surface area (Å²) in [6.07, 6.45) is 0.0771. The van der Waals surface area contributed by atoms with Gasteiger partial charge < -0.3 is 15.2 Å². The maximum atomic E-state index is 12.9. The van der Waals surface area contributed by atoms with Gasteiger partial charge in [0.1, 0.15) is 11.6 Å². The molecule has 0 aliphatic rings. The highest BCUT2D eigenvalue weighted by atomic mass is 32.2. The van der Waals surface area contributed by atoms with Crippen molar-refractivity contribution in [3.63, 3.8) is 0 Å². The summed E-state index contributed by atoms with van der Waals surface area (Å²) in [5, 5.41) is 14.3. The largest absolute Gasteiger partial charge is 0.351 e. The molecule has 0 radical (unpaired) electrons. The molecule has 9 heteroatoms. The van der Waals surface area contributed by atoms with E-state index in [9.17, 15) is 14.0 Å². The van der Waals surface area contributed by atoms with Gasteiger partial charge in [-0.2, -0.15) is 0 Å². The molecule has 0 atom stereocenters. The van der Waals surface area contributed by atoms with Gasteiger partial charge in [-0.25, -0.2) is 4.39 Å². The summed E-state index contributed by atoms with van der Waals surface area (Å²) in [5.41, 5.74) is 3.82. The molecule has 0 saturated carbocycles. The molecule has 0 spiro atoms. The molecule has 162 valence electrons. The highest BCUT2D eigenvalue weighted by Gasteiger charge is 2.15. The molecule has 0 saturated heterocycles. The van der Waals surface area contributed by atoms with Crippen molar-refractivity contribution in [2.24, 2.45) is 7.05 Å². The van der Waals surface area contributed by atoms with E-state index < -0.39 is 0 Å². The maximum Gasteiger partial charge on any atom is 0.232 e. The topological polar surface area (TPSA) is 88.9 Å². The van der Waals surface area contributed by atoms with Crippen LogP contribution in [0.2, 0.25) is 0 Å². The minimum Gasteiger partial charge on any atom is -0.351 e. The SMILES string of the molecule is Cc1ccc(NC(=O)Cc2nnc(SCC(=O)NCc3ccc(F)cc3)n2C)cc1C. The normalized spacial score (nSPS) is 10.7. The molecule has 1 aromatic heterocycles. The van der Waals surface area contributed by atoms with Crippen molar-refractivity contribution in [3.05, 3.63) is 70.8 Å². The molecule has 2 aromatic carbocycles. The van der Waals surface area contributed by atoms with Crippen molar-refractivity contribution >= 4 is 29.3 Å². The smallest absolute Gasteiger partial charge is 0.232 e. The summed E-state index contributed by atoms with van der Waals surface area (Å²) in [4.78, 5) is 24.4. The highest BCUT2D eigenvalue weighted by Crippen LogP contribution is 2.17. The van der Waals surface area contributed by atoms with Gasteiger partial charge in [-0.3, -0.25) is 9.59 Å². The summed E-state index contributed by atoms with van der Waals surface area (Å²) in [7, 11) is 1.76. The fraction of sp³-hybridized carbons (Fsp3) is 0.273. The first-order valence-electron chi connectivity index (χ1n) is 9.71. The summed E-state index contributed by atoms with van der Waals surface area (Å²) in [6.45, 7) is 4.33. The van der Waals surface area contributed by atoms with E-state index in [4.69, 9.17) is 0 Å². The number of hydrogen-bond donors (Lipinski definition) is 2. The Hall–Kier alpha value is -3.20. The average Bonchev–Trinajstić information content (AvgIpc) is 3.08. The van der Waals surface area contributed by atoms with Crippen molar-refractivity contribution in [2.75, 3.05) is 11.1 Å². The Balaban J connectivity index is 1.48. The lowest BCUT2D eigenvalue weighted by Gasteiger charge is -2.08. The van der Waals surface area contributed by atoms with Gasteiger partial charge >= 0.3 is 0 Å². The lowest BCUT2D eigenvalue weighted by molar-refractivity contribution is -0.118. The van der Waals surface area contributed by atoms with Gasteiger partial charge in [0.25, 0.3) is 0 Å². The van der Waals surface area contributed by atoms with Gasteiger partial charge in [-0.05, 0) is 54.8 Å². The van der Waals surface area contributed by atoms with Crippen LogP contribution in [0.4, 0.5) is 10.1 Å². The average molecular weight is 442 g/mol. The van der Waals surface area contributed by atoms with Gasteiger partial charge in [0.05, 0.1) is 12.2 Å². The zero-order valence-corrected chi connectivity index (χ0v) is 18.4. The number of benzene rings is 2. The minimum absolute atomic E-state index is 0.0771. The number of amides is 2. The fourth-order valence-electron chi connectivity index (χ4n) is 2.78. The molecule has 3 aromatic rings. The van der Waals surface area contributed by atoms with Crippen LogP contribution in [0.1, 0.15) is 22.5 Å². The molecule has 2 amide bonds. The first-order chi connectivity index (χ1) is 14.8. The molecule has 31 heavy (non-hydrogen) atoms. The Morgan fingerprint density at radius 2 is 1.77 bits per heavy atom. The standard InChI is InChI=1S/C22H24FN5O2S/c1-14-4-9-18(10-15(14)2)25-20(29)11-19-26-27-22(28(19)3)31-13-21(30)24-12-16-5-7-17(23)8-6-16/h4-10H,11-13H2,1-3H3,(H,24,30)(H,25,29). The van der Waals surface area contributed by atoms with E-state index in [1.807, 2.05) is 32.0 Å². The number of nitrogens with one attached hydrogen (secondary N) is 2. The van der Waals surface area contributed by atoms with E-state index in [0.29, 0.717) is 17.5 Å². The fourth-order valence-corrected chi connectivity index (χ4v) is 3.54. The number of carbonyl (C=O) groups is 2. The third kappa shape index (κ3) is 6.39. The lowest BCUT2D eigenvalue weighted by Crippen LogP contribution is -2.24. The zero-order valence-electron chi connectivity index (χ0n) is 17.6. The number of aromatic nitrogens is 3. The first-order valence-corrected chi connectivity index (χ1v) is 10.7. The van der Waals surface area contributed by atoms with Crippen LogP contribution in [0, 0.1) is 19.7 Å². The zero-order chi connectivity index (χ0) is 22.4. The van der Waals surface area contributed by atoms with Crippen LogP contribution < -0.4 is 10.6 Å². The van der Waals surface area contributed by atoms with Crippen LogP contribution in [0.5, 0.6) is 0 Å². The Labute approximate surface area is 184 Å². The Morgan fingerprint density at radius 3 is 2.48 bits per heavy atom. The quantitative estimate of drug-likeness (QED) is 0.524. The summed E-state index contributed by atoms with van der Waals surface area (Å²) < 4.78 is 14.6. The van der Waals surface area contributed by atoms with Crippen LogP contribution in [-0.4, -0.2) is 32.3 Å². The molecule has 0 fully saturated rings. The molecule has 0 bridgehead atoms. The van der Waals surface area contributed by atoms with E-state index in [-0.39, 0.29) is 29.8 Å². The van der Waals surface area contributed by atoms with Crippen molar-refractivity contribution in [1.29, 1.82) is 0 Å². The predicted molar refractivity (Wildman–Crippen MR) is 118 cm³/mol. The third-order valence-corrected chi connectivity index (χ3v) is 5.79. The molecule has 7 nitrogen and oxygen atoms in total.